The van der Waals surface area contributed by atoms with Crippen molar-refractivity contribution in [1.82, 2.24) is 10.2 Å². The van der Waals surface area contributed by atoms with Gasteiger partial charge in [0.1, 0.15) is 0 Å². The summed E-state index contributed by atoms with van der Waals surface area (Å²) in [7, 11) is 0. The van der Waals surface area contributed by atoms with Gasteiger partial charge in [0.15, 0.2) is 0 Å². The van der Waals surface area contributed by atoms with Gasteiger partial charge in [-0.3, -0.25) is 9.59 Å². The van der Waals surface area contributed by atoms with Crippen molar-refractivity contribution in [3.63, 3.8) is 0 Å². The molecule has 4 nitrogen and oxygen atoms in total. The highest BCUT2D eigenvalue weighted by molar-refractivity contribution is 9.10. The lowest BCUT2D eigenvalue weighted by Crippen LogP contribution is -2.42. The van der Waals surface area contributed by atoms with Crippen LogP contribution in [0.5, 0.6) is 0 Å². The van der Waals surface area contributed by atoms with Crippen LogP contribution in [-0.4, -0.2) is 35.3 Å². The van der Waals surface area contributed by atoms with Crippen molar-refractivity contribution >= 4 is 27.7 Å². The third kappa shape index (κ3) is 4.34. The Kier molecular flexibility index (Phi) is 5.36. The quantitative estimate of drug-likeness (QED) is 0.823. The van der Waals surface area contributed by atoms with Crippen LogP contribution in [-0.2, 0) is 4.79 Å². The van der Waals surface area contributed by atoms with Crippen LogP contribution < -0.4 is 5.32 Å². The van der Waals surface area contributed by atoms with Crippen LogP contribution in [0.25, 0.3) is 0 Å². The van der Waals surface area contributed by atoms with Crippen molar-refractivity contribution < 1.29 is 9.59 Å². The number of nitrogens with zero attached hydrogens (tertiary/aromatic N) is 1. The topological polar surface area (TPSA) is 49.4 Å². The summed E-state index contributed by atoms with van der Waals surface area (Å²) < 4.78 is 0.945. The second-order valence-electron chi connectivity index (χ2n) is 6.48. The fraction of sp³-hybridized carbons (Fsp3) is 0.556. The van der Waals surface area contributed by atoms with Crippen molar-refractivity contribution in [1.29, 1.82) is 0 Å². The molecular weight excluding hydrogens is 356 g/mol. The van der Waals surface area contributed by atoms with E-state index in [2.05, 4.69) is 26.1 Å². The number of halogens is 1. The fourth-order valence-electron chi connectivity index (χ4n) is 3.36. The number of carbonyl (C=O) groups is 2. The Hall–Kier alpha value is -1.36. The maximum absolute atomic E-state index is 12.5. The van der Waals surface area contributed by atoms with E-state index in [1.54, 1.807) is 12.1 Å². The second kappa shape index (κ2) is 7.47. The van der Waals surface area contributed by atoms with E-state index >= 15 is 0 Å². The van der Waals surface area contributed by atoms with Gasteiger partial charge in [0, 0.05) is 35.1 Å². The third-order valence-corrected chi connectivity index (χ3v) is 5.21. The molecule has 2 fully saturated rings. The minimum Gasteiger partial charge on any atom is -0.352 e. The van der Waals surface area contributed by atoms with E-state index in [1.165, 1.54) is 12.8 Å². The number of hydrogen-bond acceptors (Lipinski definition) is 2. The van der Waals surface area contributed by atoms with Crippen LogP contribution in [0.2, 0.25) is 0 Å². The van der Waals surface area contributed by atoms with Gasteiger partial charge in [-0.05, 0) is 49.9 Å². The summed E-state index contributed by atoms with van der Waals surface area (Å²) in [5, 5.41) is 2.85. The highest BCUT2D eigenvalue weighted by Gasteiger charge is 2.37. The van der Waals surface area contributed by atoms with E-state index in [9.17, 15) is 9.59 Å². The van der Waals surface area contributed by atoms with Crippen molar-refractivity contribution in [2.45, 2.75) is 57.0 Å². The molecule has 124 valence electrons. The summed E-state index contributed by atoms with van der Waals surface area (Å²) in [6.07, 6.45) is 7.46. The van der Waals surface area contributed by atoms with Crippen LogP contribution in [0.1, 0.15) is 55.3 Å². The maximum Gasteiger partial charge on any atom is 0.251 e. The van der Waals surface area contributed by atoms with Gasteiger partial charge in [-0.25, -0.2) is 0 Å². The molecule has 5 heteroatoms. The molecule has 0 aliphatic heterocycles. The van der Waals surface area contributed by atoms with Crippen LogP contribution in [0.4, 0.5) is 0 Å². The van der Waals surface area contributed by atoms with Crippen molar-refractivity contribution in [3.8, 4) is 0 Å². The van der Waals surface area contributed by atoms with Gasteiger partial charge >= 0.3 is 0 Å². The summed E-state index contributed by atoms with van der Waals surface area (Å²) in [4.78, 5) is 26.7. The molecule has 1 N–H and O–H groups in total. The first-order valence-electron chi connectivity index (χ1n) is 8.50. The van der Waals surface area contributed by atoms with E-state index in [0.717, 1.165) is 30.2 Å². The molecule has 0 spiro atoms. The first-order chi connectivity index (χ1) is 11.1. The summed E-state index contributed by atoms with van der Waals surface area (Å²) in [5.74, 6) is 0.0830. The van der Waals surface area contributed by atoms with Crippen LogP contribution in [0.15, 0.2) is 28.7 Å². The predicted molar refractivity (Wildman–Crippen MR) is 93.2 cm³/mol. The Labute approximate surface area is 145 Å². The zero-order valence-corrected chi connectivity index (χ0v) is 14.8. The highest BCUT2D eigenvalue weighted by Crippen LogP contribution is 2.34. The van der Waals surface area contributed by atoms with Crippen LogP contribution >= 0.6 is 15.9 Å². The molecule has 0 atom stereocenters. The molecular formula is C18H23BrN2O2. The van der Waals surface area contributed by atoms with E-state index in [1.807, 2.05) is 12.1 Å². The molecule has 0 aromatic heterocycles. The van der Waals surface area contributed by atoms with Crippen molar-refractivity contribution in [2.75, 3.05) is 6.54 Å². The molecule has 0 heterocycles. The highest BCUT2D eigenvalue weighted by atomic mass is 79.9. The lowest BCUT2D eigenvalue weighted by atomic mass is 10.2. The van der Waals surface area contributed by atoms with Crippen LogP contribution in [0, 0.1) is 0 Å². The smallest absolute Gasteiger partial charge is 0.251 e. The van der Waals surface area contributed by atoms with Gasteiger partial charge in [0.2, 0.25) is 5.91 Å². The lowest BCUT2D eigenvalue weighted by Gasteiger charge is -2.29. The van der Waals surface area contributed by atoms with E-state index < -0.39 is 0 Å². The monoisotopic (exact) mass is 378 g/mol. The van der Waals surface area contributed by atoms with Crippen molar-refractivity contribution in [3.05, 3.63) is 34.3 Å². The zero-order valence-electron chi connectivity index (χ0n) is 13.3. The zero-order chi connectivity index (χ0) is 16.2. The normalized spacial score (nSPS) is 18.0. The maximum atomic E-state index is 12.5. The summed E-state index contributed by atoms with van der Waals surface area (Å²) >= 11 is 3.35. The molecule has 1 aromatic carbocycles. The summed E-state index contributed by atoms with van der Waals surface area (Å²) in [6, 6.07) is 8.14. The molecule has 0 saturated heterocycles. The van der Waals surface area contributed by atoms with Gasteiger partial charge < -0.3 is 10.2 Å². The lowest BCUT2D eigenvalue weighted by molar-refractivity contribution is -0.134. The minimum absolute atomic E-state index is 0.121. The van der Waals surface area contributed by atoms with Crippen LogP contribution in [0.3, 0.4) is 0 Å². The van der Waals surface area contributed by atoms with Gasteiger partial charge in [-0.1, -0.05) is 28.8 Å². The largest absolute Gasteiger partial charge is 0.352 e. The number of carbonyl (C=O) groups excluding carboxylic acids is 2. The Morgan fingerprint density at radius 2 is 1.65 bits per heavy atom. The van der Waals surface area contributed by atoms with E-state index in [4.69, 9.17) is 0 Å². The van der Waals surface area contributed by atoms with E-state index in [-0.39, 0.29) is 11.8 Å². The first-order valence-corrected chi connectivity index (χ1v) is 9.29. The standard InChI is InChI=1S/C18H23BrN2O2/c19-14-7-5-13(6-8-14)18(23)20-12-11-17(22)21(16-9-10-16)15-3-1-2-4-15/h5-8,15-16H,1-4,9-12H2,(H,20,23). The third-order valence-electron chi connectivity index (χ3n) is 4.68. The molecule has 2 aliphatic carbocycles. The minimum atomic E-state index is -0.121. The molecule has 0 bridgehead atoms. The molecule has 2 saturated carbocycles. The predicted octanol–water partition coefficient (Wildman–Crippen LogP) is 3.50. The molecule has 0 radical (unpaired) electrons. The molecule has 3 rings (SSSR count). The Morgan fingerprint density at radius 1 is 1.04 bits per heavy atom. The summed E-state index contributed by atoms with van der Waals surface area (Å²) in [5.41, 5.74) is 0.621. The number of rotatable bonds is 6. The average Bonchev–Trinajstić information content (AvgIpc) is 3.22. The number of hydrogen-bond donors (Lipinski definition) is 1. The molecule has 23 heavy (non-hydrogen) atoms. The van der Waals surface area contributed by atoms with Gasteiger partial charge in [-0.2, -0.15) is 0 Å². The number of nitrogens with one attached hydrogen (secondary N) is 1. The molecule has 1 aromatic rings. The molecule has 0 unspecified atom stereocenters. The second-order valence-corrected chi connectivity index (χ2v) is 7.40. The molecule has 2 aliphatic rings. The average molecular weight is 379 g/mol. The Balaban J connectivity index is 1.48. The molecule has 2 amide bonds. The van der Waals surface area contributed by atoms with Gasteiger partial charge in [0.25, 0.3) is 5.91 Å². The number of amides is 2. The Bertz CT molecular complexity index is 563. The van der Waals surface area contributed by atoms with E-state index in [0.29, 0.717) is 30.6 Å². The number of benzene rings is 1. The summed E-state index contributed by atoms with van der Waals surface area (Å²) in [6.45, 7) is 0.406. The van der Waals surface area contributed by atoms with Crippen molar-refractivity contribution in [2.24, 2.45) is 0 Å². The SMILES string of the molecule is O=C(NCCC(=O)N(C1CCCC1)C1CC1)c1ccc(Br)cc1. The van der Waals surface area contributed by atoms with Gasteiger partial charge in [0.05, 0.1) is 0 Å². The first kappa shape index (κ1) is 16.5. The fourth-order valence-corrected chi connectivity index (χ4v) is 3.62. The van der Waals surface area contributed by atoms with Gasteiger partial charge in [-0.15, -0.1) is 0 Å². The Morgan fingerprint density at radius 3 is 2.26 bits per heavy atom.